The molecule has 0 aliphatic heterocycles. The molecule has 0 aliphatic carbocycles. The number of hydrogen-bond donors (Lipinski definition) is 1. The van der Waals surface area contributed by atoms with Crippen LogP contribution in [0.15, 0.2) is 12.3 Å². The Bertz CT molecular complexity index is 235. The maximum Gasteiger partial charge on any atom is 0.236 e. The number of hydrogen-bond acceptors (Lipinski definition) is 2. The van der Waals surface area contributed by atoms with E-state index in [1.807, 2.05) is 6.92 Å². The quantitative estimate of drug-likeness (QED) is 0.599. The highest BCUT2D eigenvalue weighted by Gasteiger charge is 1.98. The second kappa shape index (κ2) is 2.64. The summed E-state index contributed by atoms with van der Waals surface area (Å²) in [6.07, 6.45) is 1.50. The molecule has 0 aliphatic rings. The van der Waals surface area contributed by atoms with Gasteiger partial charge in [-0.15, -0.1) is 0 Å². The molecule has 1 N–H and O–H groups in total. The van der Waals surface area contributed by atoms with Crippen LogP contribution < -0.4 is 5.32 Å². The summed E-state index contributed by atoms with van der Waals surface area (Å²) < 4.78 is 12.6. The monoisotopic (exact) mass is 140 g/mol. The standard InChI is InChI=1S/C7H9FN2/c1-5-3-6(9-2)7(8)10-4-5/h3-4,9H,1-2H3. The highest BCUT2D eigenvalue weighted by molar-refractivity contribution is 5.42. The lowest BCUT2D eigenvalue weighted by atomic mass is 10.3. The third-order valence-corrected chi connectivity index (χ3v) is 1.25. The van der Waals surface area contributed by atoms with Crippen molar-refractivity contribution in [3.8, 4) is 0 Å². The Hall–Kier alpha value is -1.12. The van der Waals surface area contributed by atoms with E-state index in [1.54, 1.807) is 13.1 Å². The largest absolute Gasteiger partial charge is 0.384 e. The Labute approximate surface area is 59.1 Å². The molecular weight excluding hydrogens is 131 g/mol. The molecule has 0 atom stereocenters. The van der Waals surface area contributed by atoms with E-state index in [-0.39, 0.29) is 0 Å². The zero-order valence-electron chi connectivity index (χ0n) is 5.98. The van der Waals surface area contributed by atoms with E-state index < -0.39 is 5.95 Å². The van der Waals surface area contributed by atoms with Gasteiger partial charge in [0.15, 0.2) is 0 Å². The van der Waals surface area contributed by atoms with Crippen molar-refractivity contribution in [1.29, 1.82) is 0 Å². The van der Waals surface area contributed by atoms with Crippen LogP contribution in [0.3, 0.4) is 0 Å². The molecule has 10 heavy (non-hydrogen) atoms. The van der Waals surface area contributed by atoms with Gasteiger partial charge in [0.1, 0.15) is 0 Å². The second-order valence-electron chi connectivity index (χ2n) is 2.10. The van der Waals surface area contributed by atoms with Gasteiger partial charge in [-0.3, -0.25) is 0 Å². The number of aryl methyl sites for hydroxylation is 1. The van der Waals surface area contributed by atoms with Gasteiger partial charge in [-0.05, 0) is 18.6 Å². The smallest absolute Gasteiger partial charge is 0.236 e. The summed E-state index contributed by atoms with van der Waals surface area (Å²) in [7, 11) is 1.67. The number of nitrogens with one attached hydrogen (secondary N) is 1. The normalized spacial score (nSPS) is 9.50. The summed E-state index contributed by atoms with van der Waals surface area (Å²) >= 11 is 0. The van der Waals surface area contributed by atoms with E-state index in [4.69, 9.17) is 0 Å². The first-order valence-corrected chi connectivity index (χ1v) is 3.04. The summed E-state index contributed by atoms with van der Waals surface area (Å²) in [4.78, 5) is 3.52. The Kier molecular flexibility index (Phi) is 1.85. The van der Waals surface area contributed by atoms with E-state index in [0.717, 1.165) is 5.56 Å². The molecule has 1 heterocycles. The van der Waals surface area contributed by atoms with Crippen molar-refractivity contribution >= 4 is 5.69 Å². The number of anilines is 1. The maximum atomic E-state index is 12.6. The van der Waals surface area contributed by atoms with Crippen molar-refractivity contribution in [2.45, 2.75) is 6.92 Å². The number of halogens is 1. The molecule has 1 aromatic rings. The van der Waals surface area contributed by atoms with Crippen LogP contribution in [0.2, 0.25) is 0 Å². The van der Waals surface area contributed by atoms with Gasteiger partial charge in [0.05, 0.1) is 5.69 Å². The first kappa shape index (κ1) is 6.99. The predicted molar refractivity (Wildman–Crippen MR) is 38.5 cm³/mol. The average Bonchev–Trinajstić information content (AvgIpc) is 1.94. The summed E-state index contributed by atoms with van der Waals surface area (Å²) in [6, 6.07) is 1.71. The lowest BCUT2D eigenvalue weighted by Crippen LogP contribution is -1.95. The first-order valence-electron chi connectivity index (χ1n) is 3.04. The van der Waals surface area contributed by atoms with Crippen molar-refractivity contribution < 1.29 is 4.39 Å². The molecule has 0 saturated heterocycles. The fourth-order valence-corrected chi connectivity index (χ4v) is 0.728. The number of aromatic nitrogens is 1. The fourth-order valence-electron chi connectivity index (χ4n) is 0.728. The molecule has 0 aromatic carbocycles. The molecule has 0 spiro atoms. The molecule has 0 radical (unpaired) electrons. The van der Waals surface area contributed by atoms with Crippen molar-refractivity contribution in [3.63, 3.8) is 0 Å². The first-order chi connectivity index (χ1) is 4.74. The Morgan fingerprint density at radius 3 is 2.80 bits per heavy atom. The Morgan fingerprint density at radius 2 is 2.30 bits per heavy atom. The van der Waals surface area contributed by atoms with E-state index in [0.29, 0.717) is 5.69 Å². The SMILES string of the molecule is CNc1cc(C)cnc1F. The Morgan fingerprint density at radius 1 is 1.60 bits per heavy atom. The molecule has 0 bridgehead atoms. The fraction of sp³-hybridized carbons (Fsp3) is 0.286. The van der Waals surface area contributed by atoms with Crippen LogP contribution in [0.25, 0.3) is 0 Å². The number of rotatable bonds is 1. The van der Waals surface area contributed by atoms with Crippen LogP contribution in [-0.4, -0.2) is 12.0 Å². The summed E-state index contributed by atoms with van der Waals surface area (Å²) in [6.45, 7) is 1.87. The molecule has 0 unspecified atom stereocenters. The molecule has 1 rings (SSSR count). The lowest BCUT2D eigenvalue weighted by Gasteiger charge is -2.00. The number of pyridine rings is 1. The summed E-state index contributed by atoms with van der Waals surface area (Å²) in [5.41, 5.74) is 1.39. The van der Waals surface area contributed by atoms with Gasteiger partial charge in [-0.1, -0.05) is 0 Å². The molecule has 0 fully saturated rings. The average molecular weight is 140 g/mol. The van der Waals surface area contributed by atoms with Crippen LogP contribution in [0, 0.1) is 12.9 Å². The van der Waals surface area contributed by atoms with E-state index in [9.17, 15) is 4.39 Å². The molecule has 3 heteroatoms. The van der Waals surface area contributed by atoms with Gasteiger partial charge >= 0.3 is 0 Å². The zero-order chi connectivity index (χ0) is 7.56. The summed E-state index contributed by atoms with van der Waals surface area (Å²) in [5, 5.41) is 2.70. The van der Waals surface area contributed by atoms with Crippen molar-refractivity contribution in [1.82, 2.24) is 4.98 Å². The molecule has 54 valence electrons. The summed E-state index contributed by atoms with van der Waals surface area (Å²) in [5.74, 6) is -0.451. The molecule has 0 amide bonds. The predicted octanol–water partition coefficient (Wildman–Crippen LogP) is 1.57. The van der Waals surface area contributed by atoms with E-state index in [1.165, 1.54) is 6.20 Å². The third kappa shape index (κ3) is 1.23. The van der Waals surface area contributed by atoms with Gasteiger partial charge in [-0.2, -0.15) is 4.39 Å². The van der Waals surface area contributed by atoms with E-state index in [2.05, 4.69) is 10.3 Å². The van der Waals surface area contributed by atoms with Crippen LogP contribution >= 0.6 is 0 Å². The highest BCUT2D eigenvalue weighted by Crippen LogP contribution is 2.10. The van der Waals surface area contributed by atoms with Gasteiger partial charge in [-0.25, -0.2) is 4.98 Å². The lowest BCUT2D eigenvalue weighted by molar-refractivity contribution is 0.587. The Balaban J connectivity index is 3.09. The minimum absolute atomic E-state index is 0.444. The number of nitrogens with zero attached hydrogens (tertiary/aromatic N) is 1. The van der Waals surface area contributed by atoms with Crippen molar-refractivity contribution in [3.05, 3.63) is 23.8 Å². The van der Waals surface area contributed by atoms with Gasteiger partial charge in [0.25, 0.3) is 0 Å². The van der Waals surface area contributed by atoms with Crippen LogP contribution in [0.4, 0.5) is 10.1 Å². The van der Waals surface area contributed by atoms with Crippen LogP contribution in [0.5, 0.6) is 0 Å². The second-order valence-corrected chi connectivity index (χ2v) is 2.10. The third-order valence-electron chi connectivity index (χ3n) is 1.25. The molecule has 0 saturated carbocycles. The zero-order valence-corrected chi connectivity index (χ0v) is 5.98. The van der Waals surface area contributed by atoms with Crippen molar-refractivity contribution in [2.75, 3.05) is 12.4 Å². The minimum Gasteiger partial charge on any atom is -0.384 e. The van der Waals surface area contributed by atoms with Gasteiger partial charge in [0, 0.05) is 13.2 Å². The topological polar surface area (TPSA) is 24.9 Å². The van der Waals surface area contributed by atoms with Crippen molar-refractivity contribution in [2.24, 2.45) is 0 Å². The highest BCUT2D eigenvalue weighted by atomic mass is 19.1. The maximum absolute atomic E-state index is 12.6. The molecule has 1 aromatic heterocycles. The molecular formula is C7H9FN2. The van der Waals surface area contributed by atoms with E-state index >= 15 is 0 Å². The van der Waals surface area contributed by atoms with Crippen LogP contribution in [-0.2, 0) is 0 Å². The van der Waals surface area contributed by atoms with Crippen LogP contribution in [0.1, 0.15) is 5.56 Å². The molecule has 2 nitrogen and oxygen atoms in total. The van der Waals surface area contributed by atoms with Gasteiger partial charge in [0.2, 0.25) is 5.95 Å². The van der Waals surface area contributed by atoms with Gasteiger partial charge < -0.3 is 5.32 Å². The minimum atomic E-state index is -0.451.